The van der Waals surface area contributed by atoms with E-state index in [0.717, 1.165) is 14.7 Å². The number of hydrogen-bond donors (Lipinski definition) is 1. The second kappa shape index (κ2) is 10.4. The van der Waals surface area contributed by atoms with Crippen LogP contribution in [0.25, 0.3) is 0 Å². The molecular weight excluding hydrogens is 493 g/mol. The number of halogens is 1. The molecule has 3 aromatic carbocycles. The van der Waals surface area contributed by atoms with Crippen LogP contribution >= 0.6 is 22.6 Å². The van der Waals surface area contributed by atoms with Crippen molar-refractivity contribution < 1.29 is 14.3 Å². The summed E-state index contributed by atoms with van der Waals surface area (Å²) in [6.45, 7) is 0.250. The summed E-state index contributed by atoms with van der Waals surface area (Å²) in [7, 11) is 1.55. The molecule has 0 bridgehead atoms. The molecule has 0 fully saturated rings. The van der Waals surface area contributed by atoms with E-state index >= 15 is 0 Å². The number of rotatable bonds is 7. The van der Waals surface area contributed by atoms with Crippen molar-refractivity contribution in [2.75, 3.05) is 7.11 Å². The van der Waals surface area contributed by atoms with Gasteiger partial charge in [-0.1, -0.05) is 18.2 Å². The van der Waals surface area contributed by atoms with Crippen LogP contribution in [0.5, 0.6) is 11.5 Å². The van der Waals surface area contributed by atoms with E-state index in [2.05, 4.69) is 39.2 Å². The lowest BCUT2D eigenvalue weighted by atomic mass is 10.1. The van der Waals surface area contributed by atoms with Crippen LogP contribution in [0.3, 0.4) is 0 Å². The Hall–Kier alpha value is -3.38. The van der Waals surface area contributed by atoms with Crippen LogP contribution in [0, 0.1) is 14.9 Å². The van der Waals surface area contributed by atoms with Crippen LogP contribution in [-0.2, 0) is 6.61 Å². The summed E-state index contributed by atoms with van der Waals surface area (Å²) in [4.78, 5) is 12.1. The Bertz CT molecular complexity index is 1110. The molecule has 0 heterocycles. The molecule has 30 heavy (non-hydrogen) atoms. The van der Waals surface area contributed by atoms with Gasteiger partial charge in [0.2, 0.25) is 0 Å². The molecule has 1 N–H and O–H groups in total. The van der Waals surface area contributed by atoms with Crippen LogP contribution in [0.1, 0.15) is 27.0 Å². The fraction of sp³-hybridized carbons (Fsp3) is 0.0870. The molecule has 0 aromatic heterocycles. The van der Waals surface area contributed by atoms with Gasteiger partial charge in [0.05, 0.1) is 25.0 Å². The van der Waals surface area contributed by atoms with Crippen molar-refractivity contribution in [1.82, 2.24) is 5.43 Å². The van der Waals surface area contributed by atoms with Gasteiger partial charge in [-0.3, -0.25) is 4.79 Å². The Morgan fingerprint density at radius 1 is 1.13 bits per heavy atom. The number of nitrogens with zero attached hydrogens (tertiary/aromatic N) is 2. The van der Waals surface area contributed by atoms with Crippen molar-refractivity contribution in [2.24, 2.45) is 5.10 Å². The number of ether oxygens (including phenoxy) is 2. The number of hydrazone groups is 1. The maximum Gasteiger partial charge on any atom is 0.271 e. The first-order chi connectivity index (χ1) is 14.6. The second-order valence-corrected chi connectivity index (χ2v) is 7.42. The quantitative estimate of drug-likeness (QED) is 0.288. The molecule has 6 nitrogen and oxygen atoms in total. The zero-order valence-electron chi connectivity index (χ0n) is 16.1. The van der Waals surface area contributed by atoms with E-state index in [-0.39, 0.29) is 12.5 Å². The number of carbonyl (C=O) groups excluding carboxylic acids is 1. The van der Waals surface area contributed by atoms with Gasteiger partial charge in [-0.05, 0) is 76.7 Å². The molecule has 3 aromatic rings. The Morgan fingerprint density at radius 2 is 1.90 bits per heavy atom. The molecule has 0 saturated heterocycles. The molecule has 0 radical (unpaired) electrons. The van der Waals surface area contributed by atoms with E-state index < -0.39 is 0 Å². The lowest BCUT2D eigenvalue weighted by molar-refractivity contribution is 0.0955. The SMILES string of the molecule is COc1cc(/C=N\NC(=O)c2ccc(I)cc2)ccc1OCc1ccccc1C#N. The van der Waals surface area contributed by atoms with Gasteiger partial charge in [-0.2, -0.15) is 10.4 Å². The molecular formula is C23H18IN3O3. The Labute approximate surface area is 188 Å². The van der Waals surface area contributed by atoms with Gasteiger partial charge in [0.1, 0.15) is 6.61 Å². The highest BCUT2D eigenvalue weighted by Gasteiger charge is 2.08. The molecule has 7 heteroatoms. The van der Waals surface area contributed by atoms with E-state index in [4.69, 9.17) is 9.47 Å². The predicted octanol–water partition coefficient (Wildman–Crippen LogP) is 4.51. The van der Waals surface area contributed by atoms with Gasteiger partial charge in [0.15, 0.2) is 11.5 Å². The first kappa shape index (κ1) is 21.3. The van der Waals surface area contributed by atoms with Gasteiger partial charge in [-0.25, -0.2) is 5.43 Å². The minimum absolute atomic E-state index is 0.250. The lowest BCUT2D eigenvalue weighted by Crippen LogP contribution is -2.17. The van der Waals surface area contributed by atoms with Crippen molar-refractivity contribution in [3.05, 3.63) is 92.6 Å². The summed E-state index contributed by atoms with van der Waals surface area (Å²) < 4.78 is 12.3. The maximum absolute atomic E-state index is 12.1. The minimum Gasteiger partial charge on any atom is -0.493 e. The minimum atomic E-state index is -0.286. The van der Waals surface area contributed by atoms with Gasteiger partial charge in [-0.15, -0.1) is 0 Å². The van der Waals surface area contributed by atoms with Crippen LogP contribution in [0.2, 0.25) is 0 Å². The van der Waals surface area contributed by atoms with E-state index in [9.17, 15) is 10.1 Å². The summed E-state index contributed by atoms with van der Waals surface area (Å²) >= 11 is 2.18. The standard InChI is InChI=1S/C23H18IN3O3/c1-29-22-12-16(14-26-27-23(28)17-7-9-20(24)10-8-17)6-11-21(22)30-15-19-5-3-2-4-18(19)13-25/h2-12,14H,15H2,1H3,(H,27,28)/b26-14-. The van der Waals surface area contributed by atoms with Gasteiger partial charge in [0, 0.05) is 14.7 Å². The maximum atomic E-state index is 12.1. The molecule has 1 amide bonds. The topological polar surface area (TPSA) is 83.7 Å². The summed E-state index contributed by atoms with van der Waals surface area (Å²) in [5.74, 6) is 0.786. The molecule has 0 aliphatic rings. The zero-order chi connectivity index (χ0) is 21.3. The Morgan fingerprint density at radius 3 is 2.63 bits per heavy atom. The third-order valence-corrected chi connectivity index (χ3v) is 4.91. The molecule has 0 aliphatic heterocycles. The van der Waals surface area contributed by atoms with Crippen LogP contribution < -0.4 is 14.9 Å². The first-order valence-electron chi connectivity index (χ1n) is 8.98. The van der Waals surface area contributed by atoms with Crippen LogP contribution in [0.4, 0.5) is 0 Å². The van der Waals surface area contributed by atoms with Gasteiger partial charge < -0.3 is 9.47 Å². The highest BCUT2D eigenvalue weighted by Crippen LogP contribution is 2.28. The number of methoxy groups -OCH3 is 1. The third kappa shape index (κ3) is 5.58. The van der Waals surface area contributed by atoms with E-state index in [1.54, 1.807) is 43.5 Å². The van der Waals surface area contributed by atoms with E-state index in [1.165, 1.54) is 6.21 Å². The van der Waals surface area contributed by atoms with Crippen LogP contribution in [0.15, 0.2) is 71.8 Å². The predicted molar refractivity (Wildman–Crippen MR) is 123 cm³/mol. The smallest absolute Gasteiger partial charge is 0.271 e. The number of nitrogens with one attached hydrogen (secondary N) is 1. The van der Waals surface area contributed by atoms with E-state index in [0.29, 0.717) is 22.6 Å². The fourth-order valence-corrected chi connectivity index (χ4v) is 2.99. The normalized spacial score (nSPS) is 10.4. The van der Waals surface area contributed by atoms with Crippen molar-refractivity contribution in [2.45, 2.75) is 6.61 Å². The van der Waals surface area contributed by atoms with Crippen molar-refractivity contribution in [1.29, 1.82) is 5.26 Å². The molecule has 0 unspecified atom stereocenters. The number of hydrogen-bond acceptors (Lipinski definition) is 5. The third-order valence-electron chi connectivity index (χ3n) is 4.19. The molecule has 3 rings (SSSR count). The lowest BCUT2D eigenvalue weighted by Gasteiger charge is -2.12. The summed E-state index contributed by atoms with van der Waals surface area (Å²) in [5, 5.41) is 13.2. The Balaban J connectivity index is 1.65. The molecule has 150 valence electrons. The Kier molecular flexibility index (Phi) is 7.40. The highest BCUT2D eigenvalue weighted by atomic mass is 127. The van der Waals surface area contributed by atoms with E-state index in [1.807, 2.05) is 30.3 Å². The van der Waals surface area contributed by atoms with Crippen molar-refractivity contribution >= 4 is 34.7 Å². The van der Waals surface area contributed by atoms with Crippen molar-refractivity contribution in [3.63, 3.8) is 0 Å². The monoisotopic (exact) mass is 511 g/mol. The van der Waals surface area contributed by atoms with Gasteiger partial charge in [0.25, 0.3) is 5.91 Å². The molecule has 0 atom stereocenters. The second-order valence-electron chi connectivity index (χ2n) is 6.17. The highest BCUT2D eigenvalue weighted by molar-refractivity contribution is 14.1. The molecule has 0 saturated carbocycles. The zero-order valence-corrected chi connectivity index (χ0v) is 18.3. The molecule has 0 aliphatic carbocycles. The number of benzene rings is 3. The first-order valence-corrected chi connectivity index (χ1v) is 10.1. The fourth-order valence-electron chi connectivity index (χ4n) is 2.63. The number of nitriles is 1. The summed E-state index contributed by atoms with van der Waals surface area (Å²) in [6, 6.07) is 21.9. The number of carbonyl (C=O) groups is 1. The largest absolute Gasteiger partial charge is 0.493 e. The van der Waals surface area contributed by atoms with Crippen LogP contribution in [-0.4, -0.2) is 19.2 Å². The average Bonchev–Trinajstić information content (AvgIpc) is 2.78. The number of amides is 1. The molecule has 0 spiro atoms. The van der Waals surface area contributed by atoms with Crippen molar-refractivity contribution in [3.8, 4) is 17.6 Å². The summed E-state index contributed by atoms with van der Waals surface area (Å²) in [5.41, 5.74) is 5.14. The van der Waals surface area contributed by atoms with Gasteiger partial charge >= 0.3 is 0 Å². The average molecular weight is 511 g/mol. The summed E-state index contributed by atoms with van der Waals surface area (Å²) in [6.07, 6.45) is 1.53.